The Bertz CT molecular complexity index is 1350. The molecule has 0 N–H and O–H groups in total. The maximum absolute atomic E-state index is 13.8. The normalized spacial score (nSPS) is 10.8. The van der Waals surface area contributed by atoms with Crippen molar-refractivity contribution in [2.75, 3.05) is 0 Å². The van der Waals surface area contributed by atoms with Crippen molar-refractivity contribution in [3.63, 3.8) is 0 Å². The Balaban J connectivity index is 1.59. The van der Waals surface area contributed by atoms with Crippen molar-refractivity contribution < 1.29 is 14.6 Å². The van der Waals surface area contributed by atoms with E-state index in [9.17, 15) is 14.9 Å². The minimum Gasteiger partial charge on any atom is -0.267 e. The second kappa shape index (κ2) is 12.3. The quantitative estimate of drug-likeness (QED) is 0.166. The van der Waals surface area contributed by atoms with Gasteiger partial charge in [-0.05, 0) is 58.9 Å². The van der Waals surface area contributed by atoms with E-state index in [0.717, 1.165) is 28.7 Å². The Hall–Kier alpha value is -4.00. The van der Waals surface area contributed by atoms with Crippen LogP contribution in [0.25, 0.3) is 0 Å². The van der Waals surface area contributed by atoms with E-state index in [1.54, 1.807) is 18.2 Å². The minimum absolute atomic E-state index is 0.00753. The minimum atomic E-state index is -0.448. The number of amides is 1. The molecular formula is C30H27ClN2O4. The molecule has 0 bridgehead atoms. The van der Waals surface area contributed by atoms with Gasteiger partial charge in [-0.25, -0.2) is 5.06 Å². The molecule has 0 aromatic heterocycles. The third kappa shape index (κ3) is 7.03. The van der Waals surface area contributed by atoms with E-state index < -0.39 is 4.92 Å². The molecule has 0 heterocycles. The van der Waals surface area contributed by atoms with E-state index in [1.165, 1.54) is 22.8 Å². The summed E-state index contributed by atoms with van der Waals surface area (Å²) in [6.07, 6.45) is 1.50. The highest BCUT2D eigenvalue weighted by Crippen LogP contribution is 2.21. The largest absolute Gasteiger partial charge is 0.278 e. The number of nitrogens with zero attached hydrogens (tertiary/aromatic N) is 2. The van der Waals surface area contributed by atoms with Crippen LogP contribution in [-0.4, -0.2) is 15.9 Å². The number of benzene rings is 4. The summed E-state index contributed by atoms with van der Waals surface area (Å²) in [6.45, 7) is 2.44. The Labute approximate surface area is 221 Å². The van der Waals surface area contributed by atoms with Crippen LogP contribution in [0.3, 0.4) is 0 Å². The molecule has 4 aromatic rings. The predicted molar refractivity (Wildman–Crippen MR) is 144 cm³/mol. The molecule has 6 nitrogen and oxygen atoms in total. The highest BCUT2D eigenvalue weighted by molar-refractivity contribution is 6.30. The summed E-state index contributed by atoms with van der Waals surface area (Å²) in [4.78, 5) is 30.4. The average Bonchev–Trinajstić information content (AvgIpc) is 2.93. The lowest BCUT2D eigenvalue weighted by molar-refractivity contribution is -0.384. The van der Waals surface area contributed by atoms with Gasteiger partial charge in [0.25, 0.3) is 11.6 Å². The Morgan fingerprint density at radius 3 is 2.08 bits per heavy atom. The van der Waals surface area contributed by atoms with Crippen LogP contribution in [0.2, 0.25) is 5.02 Å². The molecule has 0 saturated carbocycles. The van der Waals surface area contributed by atoms with Gasteiger partial charge in [-0.15, -0.1) is 0 Å². The second-order valence-corrected chi connectivity index (χ2v) is 9.11. The van der Waals surface area contributed by atoms with Gasteiger partial charge in [-0.2, -0.15) is 0 Å². The Kier molecular flexibility index (Phi) is 8.67. The van der Waals surface area contributed by atoms with Crippen LogP contribution in [0.5, 0.6) is 0 Å². The highest BCUT2D eigenvalue weighted by atomic mass is 35.5. The first-order valence-electron chi connectivity index (χ1n) is 12.0. The molecule has 4 rings (SSSR count). The first kappa shape index (κ1) is 26.1. The van der Waals surface area contributed by atoms with Gasteiger partial charge in [0.2, 0.25) is 0 Å². The number of nitro benzene ring substituents is 1. The Morgan fingerprint density at radius 2 is 1.43 bits per heavy atom. The van der Waals surface area contributed by atoms with E-state index in [1.807, 2.05) is 66.7 Å². The maximum Gasteiger partial charge on any atom is 0.278 e. The van der Waals surface area contributed by atoms with Crippen LogP contribution in [0.1, 0.15) is 45.1 Å². The molecule has 0 radical (unpaired) electrons. The summed E-state index contributed by atoms with van der Waals surface area (Å²) in [5.41, 5.74) is 5.29. The van der Waals surface area contributed by atoms with Gasteiger partial charge in [0.15, 0.2) is 0 Å². The standard InChI is InChI=1S/C30H27ClN2O4/c1-2-22-7-9-25(10-8-22)21-37-32(20-24-13-17-28(18-14-24)33(35)36)30(34)29-6-4-3-5-26(29)19-23-11-15-27(31)16-12-23/h3-18H,2,19-21H2,1H3. The van der Waals surface area contributed by atoms with Crippen molar-refractivity contribution in [3.8, 4) is 0 Å². The summed E-state index contributed by atoms with van der Waals surface area (Å²) in [5, 5.41) is 13.0. The Morgan fingerprint density at radius 1 is 0.838 bits per heavy atom. The number of halogens is 1. The van der Waals surface area contributed by atoms with Crippen molar-refractivity contribution in [2.45, 2.75) is 32.9 Å². The van der Waals surface area contributed by atoms with E-state index in [-0.39, 0.29) is 24.7 Å². The molecule has 0 atom stereocenters. The summed E-state index contributed by atoms with van der Waals surface area (Å²) >= 11 is 6.03. The second-order valence-electron chi connectivity index (χ2n) is 8.67. The third-order valence-electron chi connectivity index (χ3n) is 6.07. The van der Waals surface area contributed by atoms with E-state index in [4.69, 9.17) is 16.4 Å². The molecule has 7 heteroatoms. The molecule has 0 aliphatic rings. The maximum atomic E-state index is 13.8. The van der Waals surface area contributed by atoms with Crippen LogP contribution in [0.4, 0.5) is 5.69 Å². The van der Waals surface area contributed by atoms with Crippen molar-refractivity contribution in [2.24, 2.45) is 0 Å². The van der Waals surface area contributed by atoms with E-state index >= 15 is 0 Å². The zero-order chi connectivity index (χ0) is 26.2. The topological polar surface area (TPSA) is 72.7 Å². The number of hydrogen-bond donors (Lipinski definition) is 0. The number of aryl methyl sites for hydroxylation is 1. The fraction of sp³-hybridized carbons (Fsp3) is 0.167. The molecule has 0 spiro atoms. The molecule has 4 aromatic carbocycles. The van der Waals surface area contributed by atoms with Gasteiger partial charge in [0, 0.05) is 22.7 Å². The van der Waals surface area contributed by atoms with Gasteiger partial charge >= 0.3 is 0 Å². The SMILES string of the molecule is CCc1ccc(CON(Cc2ccc([N+](=O)[O-])cc2)C(=O)c2ccccc2Cc2ccc(Cl)cc2)cc1. The highest BCUT2D eigenvalue weighted by Gasteiger charge is 2.21. The summed E-state index contributed by atoms with van der Waals surface area (Å²) < 4.78 is 0. The van der Waals surface area contributed by atoms with Crippen molar-refractivity contribution in [1.82, 2.24) is 5.06 Å². The van der Waals surface area contributed by atoms with Gasteiger partial charge in [0.1, 0.15) is 6.61 Å². The van der Waals surface area contributed by atoms with Crippen LogP contribution < -0.4 is 0 Å². The van der Waals surface area contributed by atoms with Crippen LogP contribution in [-0.2, 0) is 30.8 Å². The lowest BCUT2D eigenvalue weighted by Gasteiger charge is -2.23. The fourth-order valence-corrected chi connectivity index (χ4v) is 4.05. The number of nitro groups is 1. The van der Waals surface area contributed by atoms with E-state index in [2.05, 4.69) is 6.92 Å². The lowest BCUT2D eigenvalue weighted by Crippen LogP contribution is -2.31. The van der Waals surface area contributed by atoms with Crippen LogP contribution in [0, 0.1) is 10.1 Å². The van der Waals surface area contributed by atoms with E-state index in [0.29, 0.717) is 17.0 Å². The number of hydroxylamine groups is 2. The van der Waals surface area contributed by atoms with Crippen molar-refractivity contribution in [1.29, 1.82) is 0 Å². The molecule has 1 amide bonds. The molecule has 0 aliphatic heterocycles. The monoisotopic (exact) mass is 514 g/mol. The average molecular weight is 515 g/mol. The summed E-state index contributed by atoms with van der Waals surface area (Å²) in [6, 6.07) is 29.2. The van der Waals surface area contributed by atoms with Crippen molar-refractivity contribution >= 4 is 23.2 Å². The van der Waals surface area contributed by atoms with Gasteiger partial charge in [0.05, 0.1) is 11.5 Å². The molecule has 37 heavy (non-hydrogen) atoms. The molecule has 0 saturated heterocycles. The van der Waals surface area contributed by atoms with Crippen LogP contribution >= 0.6 is 11.6 Å². The molecule has 188 valence electrons. The van der Waals surface area contributed by atoms with Gasteiger partial charge in [-0.1, -0.05) is 85.3 Å². The zero-order valence-electron chi connectivity index (χ0n) is 20.5. The number of non-ortho nitro benzene ring substituents is 1. The predicted octanol–water partition coefficient (Wildman–Crippen LogP) is 7.18. The van der Waals surface area contributed by atoms with Crippen molar-refractivity contribution in [3.05, 3.63) is 146 Å². The first-order chi connectivity index (χ1) is 17.9. The fourth-order valence-electron chi connectivity index (χ4n) is 3.93. The van der Waals surface area contributed by atoms with Gasteiger partial charge < -0.3 is 0 Å². The van der Waals surface area contributed by atoms with Crippen LogP contribution in [0.15, 0.2) is 97.1 Å². The number of carbonyl (C=O) groups is 1. The molecule has 0 unspecified atom stereocenters. The van der Waals surface area contributed by atoms with Gasteiger partial charge in [-0.3, -0.25) is 19.7 Å². The number of hydrogen-bond acceptors (Lipinski definition) is 4. The zero-order valence-corrected chi connectivity index (χ0v) is 21.2. The molecule has 0 aliphatic carbocycles. The summed E-state index contributed by atoms with van der Waals surface area (Å²) in [7, 11) is 0. The number of carbonyl (C=O) groups excluding carboxylic acids is 1. The number of rotatable bonds is 10. The molecular weight excluding hydrogens is 488 g/mol. The lowest BCUT2D eigenvalue weighted by atomic mass is 9.99. The smallest absolute Gasteiger partial charge is 0.267 e. The molecule has 0 fully saturated rings. The third-order valence-corrected chi connectivity index (χ3v) is 6.33. The summed E-state index contributed by atoms with van der Waals surface area (Å²) in [5.74, 6) is -0.284. The first-order valence-corrected chi connectivity index (χ1v) is 12.4.